The van der Waals surface area contributed by atoms with Crippen molar-refractivity contribution >= 4 is 35.1 Å². The van der Waals surface area contributed by atoms with Crippen molar-refractivity contribution < 1.29 is 23.8 Å². The van der Waals surface area contributed by atoms with Gasteiger partial charge in [-0.3, -0.25) is 9.69 Å². The first-order valence-corrected chi connectivity index (χ1v) is 11.4. The summed E-state index contributed by atoms with van der Waals surface area (Å²) in [5, 5.41) is 2.93. The molecular weight excluding hydrogens is 430 g/mol. The maximum atomic E-state index is 12.9. The lowest BCUT2D eigenvalue weighted by Gasteiger charge is -2.43. The van der Waals surface area contributed by atoms with E-state index in [0.29, 0.717) is 48.9 Å². The largest absolute Gasteiger partial charge is 0.497 e. The molecule has 2 fully saturated rings. The highest BCUT2D eigenvalue weighted by molar-refractivity contribution is 8.02. The summed E-state index contributed by atoms with van der Waals surface area (Å²) in [5.74, 6) is 2.51. The van der Waals surface area contributed by atoms with Gasteiger partial charge in [0.25, 0.3) is 0 Å². The van der Waals surface area contributed by atoms with Crippen LogP contribution in [-0.2, 0) is 4.79 Å². The van der Waals surface area contributed by atoms with Gasteiger partial charge in [-0.05, 0) is 37.1 Å². The number of methoxy groups -OCH3 is 3. The molecule has 2 aromatic carbocycles. The molecule has 0 aromatic heterocycles. The Bertz CT molecular complexity index is 967. The number of urea groups is 1. The molecular formula is C23H27N3O5S. The van der Waals surface area contributed by atoms with Crippen LogP contribution in [0.1, 0.15) is 12.8 Å². The number of thioether (sulfide) groups is 1. The van der Waals surface area contributed by atoms with E-state index in [1.54, 1.807) is 56.2 Å². The summed E-state index contributed by atoms with van der Waals surface area (Å²) in [6.07, 6.45) is 1.40. The topological polar surface area (TPSA) is 80.3 Å². The van der Waals surface area contributed by atoms with Crippen molar-refractivity contribution in [2.24, 2.45) is 0 Å². The third-order valence-electron chi connectivity index (χ3n) is 5.89. The van der Waals surface area contributed by atoms with Crippen molar-refractivity contribution in [3.8, 4) is 17.2 Å². The average molecular weight is 458 g/mol. The Labute approximate surface area is 191 Å². The van der Waals surface area contributed by atoms with Gasteiger partial charge >= 0.3 is 6.03 Å². The highest BCUT2D eigenvalue weighted by Gasteiger charge is 2.49. The summed E-state index contributed by atoms with van der Waals surface area (Å²) in [6, 6.07) is 12.6. The van der Waals surface area contributed by atoms with Gasteiger partial charge in [-0.1, -0.05) is 0 Å². The molecule has 1 spiro atoms. The average Bonchev–Trinajstić information content (AvgIpc) is 3.14. The molecule has 0 saturated carbocycles. The van der Waals surface area contributed by atoms with Gasteiger partial charge in [-0.25, -0.2) is 4.79 Å². The van der Waals surface area contributed by atoms with Crippen LogP contribution in [-0.4, -0.2) is 61.9 Å². The third kappa shape index (κ3) is 4.29. The van der Waals surface area contributed by atoms with Crippen molar-refractivity contribution in [3.63, 3.8) is 0 Å². The van der Waals surface area contributed by atoms with Crippen LogP contribution < -0.4 is 24.4 Å². The summed E-state index contributed by atoms with van der Waals surface area (Å²) < 4.78 is 15.8. The Hall–Kier alpha value is -3.07. The molecule has 9 heteroatoms. The maximum Gasteiger partial charge on any atom is 0.321 e. The van der Waals surface area contributed by atoms with Crippen LogP contribution in [0.5, 0.6) is 17.2 Å². The zero-order valence-electron chi connectivity index (χ0n) is 18.4. The molecule has 32 heavy (non-hydrogen) atoms. The molecule has 2 aromatic rings. The number of carbonyl (C=O) groups excluding carboxylic acids is 2. The fourth-order valence-corrected chi connectivity index (χ4v) is 5.50. The Morgan fingerprint density at radius 1 is 0.938 bits per heavy atom. The molecule has 8 nitrogen and oxygen atoms in total. The number of anilines is 2. The number of piperidine rings is 1. The molecule has 0 atom stereocenters. The summed E-state index contributed by atoms with van der Waals surface area (Å²) in [5.41, 5.74) is 1.47. The molecule has 170 valence electrons. The smallest absolute Gasteiger partial charge is 0.321 e. The molecule has 0 radical (unpaired) electrons. The summed E-state index contributed by atoms with van der Waals surface area (Å²) in [6.45, 7) is 1.11. The number of hydrogen-bond donors (Lipinski definition) is 1. The zero-order chi connectivity index (χ0) is 22.7. The number of likely N-dealkylation sites (tertiary alicyclic amines) is 1. The minimum atomic E-state index is -0.332. The van der Waals surface area contributed by atoms with E-state index in [2.05, 4.69) is 5.32 Å². The minimum absolute atomic E-state index is 0.0987. The number of rotatable bonds is 5. The van der Waals surface area contributed by atoms with Gasteiger partial charge in [-0.15, -0.1) is 11.8 Å². The highest BCUT2D eigenvalue weighted by Crippen LogP contribution is 2.47. The monoisotopic (exact) mass is 457 g/mol. The predicted octanol–water partition coefficient (Wildman–Crippen LogP) is 3.82. The Balaban J connectivity index is 1.44. The van der Waals surface area contributed by atoms with Crippen LogP contribution in [0.25, 0.3) is 0 Å². The third-order valence-corrected chi connectivity index (χ3v) is 7.41. The molecule has 0 aliphatic carbocycles. The molecule has 2 aliphatic rings. The Morgan fingerprint density at radius 3 is 2.09 bits per heavy atom. The van der Waals surface area contributed by atoms with Gasteiger partial charge in [-0.2, -0.15) is 0 Å². The van der Waals surface area contributed by atoms with E-state index >= 15 is 0 Å². The van der Waals surface area contributed by atoms with Crippen LogP contribution in [0.2, 0.25) is 0 Å². The second-order valence-electron chi connectivity index (χ2n) is 7.68. The van der Waals surface area contributed by atoms with Crippen molar-refractivity contribution in [2.75, 3.05) is 50.4 Å². The van der Waals surface area contributed by atoms with Crippen LogP contribution >= 0.6 is 11.8 Å². The van der Waals surface area contributed by atoms with E-state index in [1.165, 1.54) is 0 Å². The second-order valence-corrected chi connectivity index (χ2v) is 9.02. The van der Waals surface area contributed by atoms with Crippen molar-refractivity contribution in [3.05, 3.63) is 42.5 Å². The SMILES string of the molecule is COc1ccc(N2C(=O)CSC23CCN(C(=O)Nc2cc(OC)cc(OC)c2)CC3)cc1. The van der Waals surface area contributed by atoms with E-state index in [-0.39, 0.29) is 16.8 Å². The maximum absolute atomic E-state index is 12.9. The number of nitrogens with zero attached hydrogens (tertiary/aromatic N) is 2. The zero-order valence-corrected chi connectivity index (χ0v) is 19.2. The molecule has 3 amide bonds. The fraction of sp³-hybridized carbons (Fsp3) is 0.391. The molecule has 0 bridgehead atoms. The first kappa shape index (κ1) is 22.1. The van der Waals surface area contributed by atoms with Crippen LogP contribution in [0, 0.1) is 0 Å². The predicted molar refractivity (Wildman–Crippen MR) is 125 cm³/mol. The quantitative estimate of drug-likeness (QED) is 0.735. The number of amides is 3. The second kappa shape index (κ2) is 9.20. The molecule has 2 heterocycles. The highest BCUT2D eigenvalue weighted by atomic mass is 32.2. The van der Waals surface area contributed by atoms with E-state index in [9.17, 15) is 9.59 Å². The minimum Gasteiger partial charge on any atom is -0.497 e. The van der Waals surface area contributed by atoms with Gasteiger partial charge in [0.1, 0.15) is 17.2 Å². The van der Waals surface area contributed by atoms with Gasteiger partial charge in [0.15, 0.2) is 0 Å². The summed E-state index contributed by atoms with van der Waals surface area (Å²) >= 11 is 1.67. The van der Waals surface area contributed by atoms with E-state index in [0.717, 1.165) is 11.4 Å². The lowest BCUT2D eigenvalue weighted by molar-refractivity contribution is -0.116. The van der Waals surface area contributed by atoms with Gasteiger partial charge in [0.2, 0.25) is 5.91 Å². The Kier molecular flexibility index (Phi) is 6.36. The molecule has 4 rings (SSSR count). The van der Waals surface area contributed by atoms with Crippen LogP contribution in [0.3, 0.4) is 0 Å². The first-order valence-electron chi connectivity index (χ1n) is 10.4. The molecule has 1 N–H and O–H groups in total. The molecule has 2 saturated heterocycles. The van der Waals surface area contributed by atoms with E-state index < -0.39 is 0 Å². The van der Waals surface area contributed by atoms with E-state index in [1.807, 2.05) is 29.2 Å². The molecule has 0 unspecified atom stereocenters. The van der Waals surface area contributed by atoms with Gasteiger partial charge in [0, 0.05) is 42.7 Å². The standard InChI is InChI=1S/C23H27N3O5S/c1-29-18-6-4-17(5-7-18)26-21(27)15-32-23(26)8-10-25(11-9-23)22(28)24-16-12-19(30-2)14-20(13-16)31-3/h4-7,12-14H,8-11,15H2,1-3H3,(H,24,28). The molecule has 2 aliphatic heterocycles. The Morgan fingerprint density at radius 2 is 1.53 bits per heavy atom. The summed E-state index contributed by atoms with van der Waals surface area (Å²) in [7, 11) is 4.76. The van der Waals surface area contributed by atoms with Gasteiger partial charge < -0.3 is 24.4 Å². The number of benzene rings is 2. The van der Waals surface area contributed by atoms with Crippen LogP contribution in [0.15, 0.2) is 42.5 Å². The van der Waals surface area contributed by atoms with Crippen molar-refractivity contribution in [1.29, 1.82) is 0 Å². The number of carbonyl (C=O) groups is 2. The normalized spacial score (nSPS) is 17.4. The fourth-order valence-electron chi connectivity index (χ4n) is 4.17. The van der Waals surface area contributed by atoms with Crippen LogP contribution in [0.4, 0.5) is 16.2 Å². The van der Waals surface area contributed by atoms with E-state index in [4.69, 9.17) is 14.2 Å². The van der Waals surface area contributed by atoms with Crippen molar-refractivity contribution in [2.45, 2.75) is 17.7 Å². The first-order chi connectivity index (χ1) is 15.5. The lowest BCUT2D eigenvalue weighted by atomic mass is 10.0. The number of nitrogens with one attached hydrogen (secondary N) is 1. The number of hydrogen-bond acceptors (Lipinski definition) is 6. The lowest BCUT2D eigenvalue weighted by Crippen LogP contribution is -2.53. The number of ether oxygens (including phenoxy) is 3. The summed E-state index contributed by atoms with van der Waals surface area (Å²) in [4.78, 5) is 29.0. The van der Waals surface area contributed by atoms with Gasteiger partial charge in [0.05, 0.1) is 32.0 Å². The van der Waals surface area contributed by atoms with Crippen molar-refractivity contribution in [1.82, 2.24) is 4.90 Å².